The minimum atomic E-state index is -3.67. The van der Waals surface area contributed by atoms with E-state index in [-0.39, 0.29) is 5.91 Å². The summed E-state index contributed by atoms with van der Waals surface area (Å²) in [5.41, 5.74) is 2.08. The molecule has 1 aliphatic rings. The van der Waals surface area contributed by atoms with Crippen molar-refractivity contribution < 1.29 is 27.3 Å². The van der Waals surface area contributed by atoms with Crippen LogP contribution in [-0.2, 0) is 26.1 Å². The molecular weight excluding hydrogens is 274 g/mol. The average molecular weight is 287 g/mol. The van der Waals surface area contributed by atoms with Crippen LogP contribution in [0.1, 0.15) is 15.9 Å². The third kappa shape index (κ3) is 5.06. The number of fused-ring (bicyclic) bond motifs is 1. The number of carbonyl (C=O) groups excluding carboxylic acids is 2. The second-order valence-corrected chi connectivity index (χ2v) is 5.29. The molecule has 1 heterocycles. The molecule has 0 unspecified atom stereocenters. The van der Waals surface area contributed by atoms with E-state index in [0.717, 1.165) is 5.56 Å². The van der Waals surface area contributed by atoms with Gasteiger partial charge in [0, 0.05) is 5.69 Å². The Morgan fingerprint density at radius 1 is 1.42 bits per heavy atom. The molecule has 0 spiro atoms. The van der Waals surface area contributed by atoms with Crippen LogP contribution in [0.3, 0.4) is 0 Å². The number of carbonyl (C=O) groups is 2. The highest BCUT2D eigenvalue weighted by molar-refractivity contribution is 7.85. The quantitative estimate of drug-likeness (QED) is 0.574. The Morgan fingerprint density at radius 3 is 2.53 bits per heavy atom. The van der Waals surface area contributed by atoms with Crippen molar-refractivity contribution in [1.29, 1.82) is 0 Å². The average Bonchev–Trinajstić information content (AvgIpc) is 2.64. The van der Waals surface area contributed by atoms with Gasteiger partial charge in [0.15, 0.2) is 0 Å². The molecule has 0 saturated carbocycles. The molecule has 19 heavy (non-hydrogen) atoms. The minimum absolute atomic E-state index is 0.0398. The molecule has 7 nitrogen and oxygen atoms in total. The summed E-state index contributed by atoms with van der Waals surface area (Å²) >= 11 is 0. The van der Waals surface area contributed by atoms with Gasteiger partial charge < -0.3 is 10.1 Å². The molecule has 0 atom stereocenters. The molecule has 104 valence electrons. The maximum atomic E-state index is 11.2. The van der Waals surface area contributed by atoms with Crippen molar-refractivity contribution in [2.24, 2.45) is 0 Å². The lowest BCUT2D eigenvalue weighted by molar-refractivity contribution is -0.115. The molecule has 2 N–H and O–H groups in total. The highest BCUT2D eigenvalue weighted by Gasteiger charge is 2.18. The van der Waals surface area contributed by atoms with Crippen molar-refractivity contribution >= 4 is 27.7 Å². The predicted molar refractivity (Wildman–Crippen MR) is 67.6 cm³/mol. The zero-order valence-electron chi connectivity index (χ0n) is 10.3. The van der Waals surface area contributed by atoms with Gasteiger partial charge in [0.05, 0.1) is 25.3 Å². The number of anilines is 1. The molecule has 1 amide bonds. The fourth-order valence-electron chi connectivity index (χ4n) is 1.46. The summed E-state index contributed by atoms with van der Waals surface area (Å²) in [5.74, 6) is -0.434. The second kappa shape index (κ2) is 5.81. The van der Waals surface area contributed by atoms with Crippen LogP contribution in [0, 0.1) is 0 Å². The Morgan fingerprint density at radius 2 is 2.00 bits per heavy atom. The summed E-state index contributed by atoms with van der Waals surface area (Å²) in [5, 5.41) is 2.67. The maximum Gasteiger partial charge on any atom is 0.337 e. The Bertz CT molecular complexity index is 600. The number of hydrogen-bond acceptors (Lipinski definition) is 5. The number of benzene rings is 1. The van der Waals surface area contributed by atoms with Gasteiger partial charge in [-0.3, -0.25) is 9.35 Å². The van der Waals surface area contributed by atoms with Gasteiger partial charge in [-0.1, -0.05) is 6.07 Å². The van der Waals surface area contributed by atoms with E-state index in [1.165, 1.54) is 7.11 Å². The van der Waals surface area contributed by atoms with Crippen molar-refractivity contribution in [3.63, 3.8) is 0 Å². The number of ether oxygens (including phenoxy) is 1. The molecule has 0 radical (unpaired) electrons. The molecule has 0 fully saturated rings. The molecular formula is C11H13NO6S. The molecule has 0 bridgehead atoms. The molecule has 0 saturated heterocycles. The monoisotopic (exact) mass is 287 g/mol. The number of hydrogen-bond donors (Lipinski definition) is 2. The van der Waals surface area contributed by atoms with Crippen molar-refractivity contribution in [2.45, 2.75) is 6.42 Å². The van der Waals surface area contributed by atoms with Gasteiger partial charge in [0.2, 0.25) is 5.91 Å². The van der Waals surface area contributed by atoms with E-state index in [2.05, 4.69) is 10.1 Å². The summed E-state index contributed by atoms with van der Waals surface area (Å²) in [6, 6.07) is 5.05. The van der Waals surface area contributed by atoms with Crippen molar-refractivity contribution in [3.8, 4) is 0 Å². The predicted octanol–water partition coefficient (Wildman–Crippen LogP) is 0.472. The number of rotatable bonds is 1. The number of amides is 1. The summed E-state index contributed by atoms with van der Waals surface area (Å²) in [6.45, 7) is 0. The van der Waals surface area contributed by atoms with Gasteiger partial charge in [-0.2, -0.15) is 8.42 Å². The molecule has 2 rings (SSSR count). The van der Waals surface area contributed by atoms with Crippen LogP contribution >= 0.6 is 0 Å². The lowest BCUT2D eigenvalue weighted by atomic mass is 10.1. The first kappa shape index (κ1) is 15.1. The minimum Gasteiger partial charge on any atom is -0.465 e. The van der Waals surface area contributed by atoms with Crippen molar-refractivity contribution in [1.82, 2.24) is 0 Å². The standard InChI is InChI=1S/C10H9NO3.CH4O3S/c1-14-10(13)7-3-2-6-5-9(12)11-8(6)4-7;1-5(2,3)4/h2-4H,5H2,1H3,(H,11,12);1H3,(H,2,3,4). The highest BCUT2D eigenvalue weighted by Crippen LogP contribution is 2.24. The second-order valence-electron chi connectivity index (χ2n) is 3.82. The first-order chi connectivity index (χ1) is 8.70. The zero-order valence-corrected chi connectivity index (χ0v) is 11.2. The summed E-state index contributed by atoms with van der Waals surface area (Å²) in [7, 11) is -2.34. The maximum absolute atomic E-state index is 11.2. The molecule has 8 heteroatoms. The first-order valence-corrected chi connectivity index (χ1v) is 6.99. The van der Waals surface area contributed by atoms with E-state index >= 15 is 0 Å². The number of nitrogens with one attached hydrogen (secondary N) is 1. The summed E-state index contributed by atoms with van der Waals surface area (Å²) < 4.78 is 30.4. The summed E-state index contributed by atoms with van der Waals surface area (Å²) in [6.07, 6.45) is 1.10. The van der Waals surface area contributed by atoms with Crippen LogP contribution in [0.5, 0.6) is 0 Å². The number of methoxy groups -OCH3 is 1. The van der Waals surface area contributed by atoms with E-state index in [9.17, 15) is 18.0 Å². The molecule has 1 aromatic rings. The normalized spacial score (nSPS) is 12.9. The van der Waals surface area contributed by atoms with Gasteiger partial charge in [0.1, 0.15) is 0 Å². The Hall–Kier alpha value is -1.93. The van der Waals surface area contributed by atoms with Crippen LogP contribution < -0.4 is 5.32 Å². The Labute approximate surface area is 110 Å². The molecule has 0 aromatic heterocycles. The van der Waals surface area contributed by atoms with Crippen LogP contribution in [0.15, 0.2) is 18.2 Å². The first-order valence-electron chi connectivity index (χ1n) is 5.14. The lowest BCUT2D eigenvalue weighted by Crippen LogP contribution is -2.04. The van der Waals surface area contributed by atoms with Gasteiger partial charge in [-0.25, -0.2) is 4.79 Å². The van der Waals surface area contributed by atoms with E-state index in [0.29, 0.717) is 23.9 Å². The van der Waals surface area contributed by atoms with E-state index in [1.807, 2.05) is 0 Å². The van der Waals surface area contributed by atoms with Gasteiger partial charge in [-0.15, -0.1) is 0 Å². The van der Waals surface area contributed by atoms with Gasteiger partial charge >= 0.3 is 5.97 Å². The highest BCUT2D eigenvalue weighted by atomic mass is 32.2. The fraction of sp³-hybridized carbons (Fsp3) is 0.273. The molecule has 1 aliphatic heterocycles. The molecule has 0 aliphatic carbocycles. The van der Waals surface area contributed by atoms with E-state index in [1.54, 1.807) is 18.2 Å². The van der Waals surface area contributed by atoms with Crippen LogP contribution in [0.2, 0.25) is 0 Å². The molecule has 1 aromatic carbocycles. The topological polar surface area (TPSA) is 110 Å². The lowest BCUT2D eigenvalue weighted by Gasteiger charge is -2.01. The van der Waals surface area contributed by atoms with Gasteiger partial charge in [-0.05, 0) is 17.7 Å². The SMILES string of the molecule is COC(=O)c1ccc2c(c1)NC(=O)C2.CS(=O)(=O)O. The van der Waals surface area contributed by atoms with Crippen molar-refractivity contribution in [2.75, 3.05) is 18.7 Å². The third-order valence-corrected chi connectivity index (χ3v) is 2.16. The van der Waals surface area contributed by atoms with Crippen LogP contribution in [-0.4, -0.2) is 38.2 Å². The summed E-state index contributed by atoms with van der Waals surface area (Å²) in [4.78, 5) is 22.2. The zero-order chi connectivity index (χ0) is 14.6. The van der Waals surface area contributed by atoms with E-state index < -0.39 is 16.1 Å². The third-order valence-electron chi connectivity index (χ3n) is 2.16. The van der Waals surface area contributed by atoms with Crippen molar-refractivity contribution in [3.05, 3.63) is 29.3 Å². The van der Waals surface area contributed by atoms with E-state index in [4.69, 9.17) is 4.55 Å². The largest absolute Gasteiger partial charge is 0.465 e. The smallest absolute Gasteiger partial charge is 0.337 e. The van der Waals surface area contributed by atoms with Gasteiger partial charge in [0.25, 0.3) is 10.1 Å². The Balaban J connectivity index is 0.000000312. The van der Waals surface area contributed by atoms with Crippen LogP contribution in [0.25, 0.3) is 0 Å². The number of esters is 1. The Kier molecular flexibility index (Phi) is 4.62. The fourth-order valence-corrected chi connectivity index (χ4v) is 1.46. The van der Waals surface area contributed by atoms with Crippen LogP contribution in [0.4, 0.5) is 5.69 Å².